The van der Waals surface area contributed by atoms with Gasteiger partial charge in [0.05, 0.1) is 0 Å². The van der Waals surface area contributed by atoms with Gasteiger partial charge in [0.1, 0.15) is 0 Å². The third kappa shape index (κ3) is 2420. The third-order valence-corrected chi connectivity index (χ3v) is 0. The van der Waals surface area contributed by atoms with Gasteiger partial charge < -0.3 is 30.0 Å². The minimum atomic E-state index is -2.33. The molecule has 11 heavy (non-hydrogen) atoms. The van der Waals surface area contributed by atoms with Crippen molar-refractivity contribution in [2.24, 2.45) is 0 Å². The van der Waals surface area contributed by atoms with Crippen LogP contribution in [0.1, 0.15) is 7.43 Å². The summed E-state index contributed by atoms with van der Waals surface area (Å²) < 4.78 is 0. The van der Waals surface area contributed by atoms with E-state index in [1.807, 2.05) is 0 Å². The first-order chi connectivity index (χ1) is 3.46. The molecular weight excluding hydrogens is 196 g/mol. The quantitative estimate of drug-likeness (QED) is 0.360. The fourth-order valence-electron chi connectivity index (χ4n) is 0. The van der Waals surface area contributed by atoms with Crippen LogP contribution in [0.2, 0.25) is 0 Å². The summed E-state index contributed by atoms with van der Waals surface area (Å²) in [6.45, 7) is 0. The van der Waals surface area contributed by atoms with Gasteiger partial charge in [-0.2, -0.15) is 0 Å². The molecule has 0 spiro atoms. The molecule has 0 aromatic heterocycles. The Balaban J connectivity index is -0.0000000171. The first-order valence-corrected chi connectivity index (χ1v) is 1.22. The standard InChI is InChI=1S/2CH2O3.CH4.Ca.Mg/c2*2-1(3)4;;;/h2*(H2,2,3,4);1H4;;/q;;;2*+2/p-4. The molecule has 0 rings (SSSR count). The van der Waals surface area contributed by atoms with Gasteiger partial charge in [-0.3, -0.25) is 0 Å². The molecule has 0 unspecified atom stereocenters. The number of carboxylic acid groups (broad SMARTS) is 4. The summed E-state index contributed by atoms with van der Waals surface area (Å²) in [6.07, 6.45) is -4.67. The summed E-state index contributed by atoms with van der Waals surface area (Å²) in [5.74, 6) is 0. The van der Waals surface area contributed by atoms with Crippen molar-refractivity contribution in [1.29, 1.82) is 0 Å². The molecule has 56 valence electrons. The molecule has 0 aliphatic heterocycles. The predicted octanol–water partition coefficient (Wildman–Crippen LogP) is -5.02. The summed E-state index contributed by atoms with van der Waals surface area (Å²) in [4.78, 5) is 16.7. The van der Waals surface area contributed by atoms with Crippen LogP contribution < -0.4 is 20.4 Å². The fraction of sp³-hybridized carbons (Fsp3) is 0.333. The summed E-state index contributed by atoms with van der Waals surface area (Å²) >= 11 is 0. The number of carbonyl (C=O) groups is 2. The van der Waals surface area contributed by atoms with Gasteiger partial charge >= 0.3 is 60.8 Å². The van der Waals surface area contributed by atoms with Gasteiger partial charge in [0, 0.05) is 0 Å². The molecule has 0 heterocycles. The second-order valence-electron chi connectivity index (χ2n) is 0.500. The van der Waals surface area contributed by atoms with Crippen molar-refractivity contribution in [3.05, 3.63) is 0 Å². The Bertz CT molecular complexity index is 75.8. The Morgan fingerprint density at radius 3 is 0.818 bits per heavy atom. The molecule has 0 fully saturated rings. The van der Waals surface area contributed by atoms with E-state index in [0.29, 0.717) is 0 Å². The van der Waals surface area contributed by atoms with Crippen molar-refractivity contribution in [2.45, 2.75) is 7.43 Å². The van der Waals surface area contributed by atoms with Crippen LogP contribution in [0.15, 0.2) is 0 Å². The summed E-state index contributed by atoms with van der Waals surface area (Å²) in [5.41, 5.74) is 0. The molecule has 0 aliphatic carbocycles. The fourth-order valence-corrected chi connectivity index (χ4v) is 0. The van der Waals surface area contributed by atoms with Gasteiger partial charge in [-0.25, -0.2) is 0 Å². The Morgan fingerprint density at radius 2 is 0.818 bits per heavy atom. The second-order valence-corrected chi connectivity index (χ2v) is 0.500. The van der Waals surface area contributed by atoms with E-state index in [1.165, 1.54) is 0 Å². The Morgan fingerprint density at radius 1 is 0.818 bits per heavy atom. The number of carbonyl (C=O) groups excluding carboxylic acids is 2. The monoisotopic (exact) mass is 200 g/mol. The van der Waals surface area contributed by atoms with Crippen LogP contribution in [0.3, 0.4) is 0 Å². The molecule has 8 heteroatoms. The summed E-state index contributed by atoms with van der Waals surface area (Å²) in [5, 5.41) is 33.3. The zero-order valence-corrected chi connectivity index (χ0v) is 8.49. The molecule has 0 N–H and O–H groups in total. The molecule has 0 atom stereocenters. The van der Waals surface area contributed by atoms with Crippen LogP contribution in [0.25, 0.3) is 0 Å². The van der Waals surface area contributed by atoms with Gasteiger partial charge in [0.15, 0.2) is 0 Å². The van der Waals surface area contributed by atoms with E-state index in [-0.39, 0.29) is 68.2 Å². The maximum atomic E-state index is 8.33. The van der Waals surface area contributed by atoms with Crippen LogP contribution in [0, 0.1) is 0 Å². The normalized spacial score (nSPS) is 4.36. The second kappa shape index (κ2) is 22.4. The van der Waals surface area contributed by atoms with E-state index >= 15 is 0 Å². The van der Waals surface area contributed by atoms with Crippen LogP contribution in [0.4, 0.5) is 9.59 Å². The molecule has 0 amide bonds. The third-order valence-electron chi connectivity index (χ3n) is 0. The first kappa shape index (κ1) is 30.0. The Labute approximate surface area is 109 Å². The van der Waals surface area contributed by atoms with E-state index in [9.17, 15) is 0 Å². The molecule has 6 nitrogen and oxygen atoms in total. The topological polar surface area (TPSA) is 126 Å². The molecule has 0 aliphatic rings. The molecule has 0 saturated heterocycles. The largest absolute Gasteiger partial charge is 2.00 e. The van der Waals surface area contributed by atoms with E-state index in [2.05, 4.69) is 0 Å². The Kier molecular flexibility index (Phi) is 61.1. The average Bonchev–Trinajstić information content (AvgIpc) is 1.25. The van der Waals surface area contributed by atoms with Crippen molar-refractivity contribution in [3.8, 4) is 0 Å². The maximum absolute atomic E-state index is 8.33. The number of hydrogen-bond acceptors (Lipinski definition) is 6. The number of rotatable bonds is 0. The zero-order chi connectivity index (χ0) is 7.15. The van der Waals surface area contributed by atoms with Gasteiger partial charge in [0.2, 0.25) is 0 Å². The van der Waals surface area contributed by atoms with Crippen LogP contribution in [0.5, 0.6) is 0 Å². The summed E-state index contributed by atoms with van der Waals surface area (Å²) in [7, 11) is 0. The van der Waals surface area contributed by atoms with E-state index in [1.54, 1.807) is 0 Å². The van der Waals surface area contributed by atoms with E-state index in [0.717, 1.165) is 0 Å². The van der Waals surface area contributed by atoms with Crippen molar-refractivity contribution < 1.29 is 30.0 Å². The van der Waals surface area contributed by atoms with Crippen molar-refractivity contribution in [2.75, 3.05) is 0 Å². The van der Waals surface area contributed by atoms with Gasteiger partial charge in [0.25, 0.3) is 0 Å². The average molecular weight is 200 g/mol. The van der Waals surface area contributed by atoms with Crippen LogP contribution >= 0.6 is 0 Å². The summed E-state index contributed by atoms with van der Waals surface area (Å²) in [6, 6.07) is 0. The van der Waals surface area contributed by atoms with Crippen molar-refractivity contribution in [3.63, 3.8) is 0 Å². The molecule has 0 aromatic carbocycles. The molecule has 0 aromatic rings. The van der Waals surface area contributed by atoms with Gasteiger partial charge in [-0.1, -0.05) is 7.43 Å². The number of hydrogen-bond donors (Lipinski definition) is 0. The molecule has 0 bridgehead atoms. The van der Waals surface area contributed by atoms with Gasteiger partial charge in [-0.05, 0) is 12.3 Å². The van der Waals surface area contributed by atoms with Crippen molar-refractivity contribution in [1.82, 2.24) is 0 Å². The Hall–Kier alpha value is 0.566. The smallest absolute Gasteiger partial charge is 0.652 e. The predicted molar refractivity (Wildman–Crippen MR) is 29.0 cm³/mol. The molecule has 0 saturated carbocycles. The van der Waals surface area contributed by atoms with Crippen molar-refractivity contribution >= 4 is 73.1 Å². The minimum Gasteiger partial charge on any atom is -0.652 e. The van der Waals surface area contributed by atoms with Crippen LogP contribution in [-0.2, 0) is 0 Å². The first-order valence-electron chi connectivity index (χ1n) is 1.22. The van der Waals surface area contributed by atoms with E-state index < -0.39 is 12.3 Å². The van der Waals surface area contributed by atoms with E-state index in [4.69, 9.17) is 30.0 Å². The molecule has 0 radical (unpaired) electrons. The minimum absolute atomic E-state index is 0. The van der Waals surface area contributed by atoms with Crippen LogP contribution in [-0.4, -0.2) is 73.1 Å². The maximum Gasteiger partial charge on any atom is 2.00 e. The molecular formula is C3H4CaMgO6. The zero-order valence-electron chi connectivity index (χ0n) is 4.86. The SMILES string of the molecule is C.O=C([O-])[O-].O=C([O-])[O-].[Ca+2].[Mg+2]. The van der Waals surface area contributed by atoms with Gasteiger partial charge in [-0.15, -0.1) is 0 Å².